The fourth-order valence-corrected chi connectivity index (χ4v) is 3.08. The Bertz CT molecular complexity index is 322. The number of piperidine rings is 1. The van der Waals surface area contributed by atoms with E-state index in [0.29, 0.717) is 6.04 Å². The third-order valence-electron chi connectivity index (χ3n) is 4.76. The normalized spacial score (nSPS) is 24.4. The van der Waals surface area contributed by atoms with Crippen molar-refractivity contribution in [1.82, 2.24) is 10.2 Å². The van der Waals surface area contributed by atoms with E-state index >= 15 is 0 Å². The number of ether oxygens (including phenoxy) is 1. The van der Waals surface area contributed by atoms with E-state index in [2.05, 4.69) is 17.1 Å². The molecule has 4 heteroatoms. The van der Waals surface area contributed by atoms with Crippen molar-refractivity contribution in [3.05, 3.63) is 0 Å². The van der Waals surface area contributed by atoms with Crippen LogP contribution in [0.25, 0.3) is 0 Å². The van der Waals surface area contributed by atoms with E-state index < -0.39 is 5.54 Å². The highest BCUT2D eigenvalue weighted by Crippen LogP contribution is 2.26. The predicted octanol–water partition coefficient (Wildman–Crippen LogP) is 2.18. The van der Waals surface area contributed by atoms with Crippen molar-refractivity contribution < 1.29 is 9.53 Å². The standard InChI is InChI=1S/C16H30N2O2/c1-13-7-11-18(12-8-13)10-4-9-16(2,15(19)20-3)17-14-5-6-14/h13-14,17H,4-12H2,1-3H3. The van der Waals surface area contributed by atoms with Gasteiger partial charge < -0.3 is 9.64 Å². The van der Waals surface area contributed by atoms with Gasteiger partial charge in [0, 0.05) is 6.04 Å². The number of carbonyl (C=O) groups excluding carboxylic acids is 1. The largest absolute Gasteiger partial charge is 0.468 e. The monoisotopic (exact) mass is 282 g/mol. The van der Waals surface area contributed by atoms with Crippen LogP contribution in [0.15, 0.2) is 0 Å². The lowest BCUT2D eigenvalue weighted by Gasteiger charge is -2.32. The fraction of sp³-hybridized carbons (Fsp3) is 0.938. The topological polar surface area (TPSA) is 41.6 Å². The summed E-state index contributed by atoms with van der Waals surface area (Å²) in [7, 11) is 1.49. The lowest BCUT2D eigenvalue weighted by molar-refractivity contribution is -0.148. The van der Waals surface area contributed by atoms with Crippen LogP contribution >= 0.6 is 0 Å². The third kappa shape index (κ3) is 4.45. The van der Waals surface area contributed by atoms with Crippen molar-refractivity contribution in [2.45, 2.75) is 64.0 Å². The molecule has 0 aromatic rings. The van der Waals surface area contributed by atoms with Gasteiger partial charge in [-0.3, -0.25) is 10.1 Å². The Morgan fingerprint density at radius 1 is 1.30 bits per heavy atom. The number of nitrogens with zero attached hydrogens (tertiary/aromatic N) is 1. The highest BCUT2D eigenvalue weighted by molar-refractivity contribution is 5.80. The molecule has 20 heavy (non-hydrogen) atoms. The van der Waals surface area contributed by atoms with Gasteiger partial charge in [-0.15, -0.1) is 0 Å². The van der Waals surface area contributed by atoms with E-state index in [0.717, 1.165) is 25.3 Å². The maximum absolute atomic E-state index is 12.0. The van der Waals surface area contributed by atoms with Crippen molar-refractivity contribution in [3.63, 3.8) is 0 Å². The van der Waals surface area contributed by atoms with Crippen molar-refractivity contribution in [2.24, 2.45) is 5.92 Å². The lowest BCUT2D eigenvalue weighted by Crippen LogP contribution is -2.51. The van der Waals surface area contributed by atoms with E-state index in [-0.39, 0.29) is 5.97 Å². The molecule has 1 unspecified atom stereocenters. The number of carbonyl (C=O) groups is 1. The zero-order chi connectivity index (χ0) is 14.6. The molecule has 1 N–H and O–H groups in total. The molecule has 116 valence electrons. The number of esters is 1. The Hall–Kier alpha value is -0.610. The summed E-state index contributed by atoms with van der Waals surface area (Å²) in [5.41, 5.74) is -0.501. The highest BCUT2D eigenvalue weighted by atomic mass is 16.5. The lowest BCUT2D eigenvalue weighted by atomic mass is 9.94. The van der Waals surface area contributed by atoms with Gasteiger partial charge in [0.25, 0.3) is 0 Å². The minimum absolute atomic E-state index is 0.114. The average molecular weight is 282 g/mol. The van der Waals surface area contributed by atoms with Gasteiger partial charge >= 0.3 is 5.97 Å². The number of methoxy groups -OCH3 is 1. The molecule has 1 aliphatic heterocycles. The van der Waals surface area contributed by atoms with Gasteiger partial charge in [-0.05, 0) is 71.0 Å². The van der Waals surface area contributed by atoms with Crippen LogP contribution in [-0.4, -0.2) is 49.2 Å². The summed E-state index contributed by atoms with van der Waals surface area (Å²) in [6.07, 6.45) is 6.93. The van der Waals surface area contributed by atoms with Crippen molar-refractivity contribution >= 4 is 5.97 Å². The van der Waals surface area contributed by atoms with Crippen LogP contribution < -0.4 is 5.32 Å². The quantitative estimate of drug-likeness (QED) is 0.727. The number of rotatable bonds is 7. The molecule has 2 rings (SSSR count). The SMILES string of the molecule is COC(=O)C(C)(CCCN1CCC(C)CC1)NC1CC1. The maximum Gasteiger partial charge on any atom is 0.325 e. The Balaban J connectivity index is 1.75. The maximum atomic E-state index is 12.0. The van der Waals surface area contributed by atoms with Gasteiger partial charge in [0.2, 0.25) is 0 Å². The van der Waals surface area contributed by atoms with Gasteiger partial charge in [-0.25, -0.2) is 0 Å². The van der Waals surface area contributed by atoms with Crippen LogP contribution in [-0.2, 0) is 9.53 Å². The number of likely N-dealkylation sites (tertiary alicyclic amines) is 1. The van der Waals surface area contributed by atoms with E-state index in [1.165, 1.54) is 45.9 Å². The summed E-state index contributed by atoms with van der Waals surface area (Å²) < 4.78 is 4.99. The molecule has 0 radical (unpaired) electrons. The van der Waals surface area contributed by atoms with E-state index in [4.69, 9.17) is 4.74 Å². The zero-order valence-corrected chi connectivity index (χ0v) is 13.3. The summed E-state index contributed by atoms with van der Waals surface area (Å²) in [6.45, 7) is 7.87. The van der Waals surface area contributed by atoms with Crippen LogP contribution in [0.1, 0.15) is 52.4 Å². The second-order valence-electron chi connectivity index (χ2n) is 6.87. The molecule has 2 aliphatic rings. The summed E-state index contributed by atoms with van der Waals surface area (Å²) in [5.74, 6) is 0.764. The molecule has 0 spiro atoms. The van der Waals surface area contributed by atoms with Gasteiger partial charge in [-0.2, -0.15) is 0 Å². The average Bonchev–Trinajstić information content (AvgIpc) is 3.24. The highest BCUT2D eigenvalue weighted by Gasteiger charge is 2.38. The Labute approximate surface area is 123 Å². The molecule has 0 aromatic carbocycles. The van der Waals surface area contributed by atoms with Crippen molar-refractivity contribution in [2.75, 3.05) is 26.7 Å². The minimum Gasteiger partial charge on any atom is -0.468 e. The molecule has 1 aliphatic carbocycles. The number of hydrogen-bond donors (Lipinski definition) is 1. The van der Waals surface area contributed by atoms with E-state index in [9.17, 15) is 4.79 Å². The first-order valence-corrected chi connectivity index (χ1v) is 8.12. The van der Waals surface area contributed by atoms with Crippen LogP contribution in [0.4, 0.5) is 0 Å². The molecule has 2 fully saturated rings. The summed E-state index contributed by atoms with van der Waals surface area (Å²) in [4.78, 5) is 14.6. The minimum atomic E-state index is -0.501. The van der Waals surface area contributed by atoms with Crippen molar-refractivity contribution in [3.8, 4) is 0 Å². The first-order valence-electron chi connectivity index (χ1n) is 8.12. The molecular formula is C16H30N2O2. The smallest absolute Gasteiger partial charge is 0.325 e. The molecule has 1 saturated carbocycles. The summed E-state index contributed by atoms with van der Waals surface area (Å²) >= 11 is 0. The van der Waals surface area contributed by atoms with E-state index in [1.54, 1.807) is 0 Å². The molecule has 4 nitrogen and oxygen atoms in total. The predicted molar refractivity (Wildman–Crippen MR) is 80.7 cm³/mol. The molecule has 0 bridgehead atoms. The fourth-order valence-electron chi connectivity index (χ4n) is 3.08. The van der Waals surface area contributed by atoms with Gasteiger partial charge in [-0.1, -0.05) is 6.92 Å². The van der Waals surface area contributed by atoms with Gasteiger partial charge in [0.15, 0.2) is 0 Å². The summed E-state index contributed by atoms with van der Waals surface area (Å²) in [6, 6.07) is 0.523. The molecule has 1 saturated heterocycles. The molecule has 0 amide bonds. The molecule has 1 atom stereocenters. The third-order valence-corrected chi connectivity index (χ3v) is 4.76. The van der Waals surface area contributed by atoms with Crippen LogP contribution in [0.5, 0.6) is 0 Å². The number of hydrogen-bond acceptors (Lipinski definition) is 4. The first kappa shape index (κ1) is 15.8. The second-order valence-corrected chi connectivity index (χ2v) is 6.87. The Kier molecular flexibility index (Phi) is 5.44. The van der Waals surface area contributed by atoms with Gasteiger partial charge in [0.1, 0.15) is 5.54 Å². The van der Waals surface area contributed by atoms with Crippen LogP contribution in [0.3, 0.4) is 0 Å². The van der Waals surface area contributed by atoms with Crippen LogP contribution in [0.2, 0.25) is 0 Å². The summed E-state index contributed by atoms with van der Waals surface area (Å²) in [5, 5.41) is 3.47. The van der Waals surface area contributed by atoms with E-state index in [1.807, 2.05) is 6.92 Å². The first-order chi connectivity index (χ1) is 9.53. The number of nitrogens with one attached hydrogen (secondary N) is 1. The molecule has 0 aromatic heterocycles. The molecule has 1 heterocycles. The van der Waals surface area contributed by atoms with Gasteiger partial charge in [0.05, 0.1) is 7.11 Å². The zero-order valence-electron chi connectivity index (χ0n) is 13.3. The van der Waals surface area contributed by atoms with Crippen LogP contribution in [0, 0.1) is 5.92 Å². The Morgan fingerprint density at radius 3 is 2.50 bits per heavy atom. The second kappa shape index (κ2) is 6.90. The Morgan fingerprint density at radius 2 is 1.95 bits per heavy atom. The molecular weight excluding hydrogens is 252 g/mol. The van der Waals surface area contributed by atoms with Crippen molar-refractivity contribution in [1.29, 1.82) is 0 Å².